The van der Waals surface area contributed by atoms with Gasteiger partial charge in [0.15, 0.2) is 0 Å². The summed E-state index contributed by atoms with van der Waals surface area (Å²) in [4.78, 5) is 45.6. The molecule has 1 unspecified atom stereocenters. The highest BCUT2D eigenvalue weighted by Gasteiger charge is 2.52. The van der Waals surface area contributed by atoms with E-state index in [1.807, 2.05) is 36.9 Å². The van der Waals surface area contributed by atoms with Crippen LogP contribution in [0.25, 0.3) is 0 Å². The molecular formula is C30H42N6O3. The molecule has 5 heterocycles. The van der Waals surface area contributed by atoms with Crippen molar-refractivity contribution >= 4 is 17.8 Å². The molecule has 5 rings (SSSR count). The van der Waals surface area contributed by atoms with Gasteiger partial charge in [-0.05, 0) is 52.2 Å². The van der Waals surface area contributed by atoms with Crippen molar-refractivity contribution < 1.29 is 14.3 Å². The quantitative estimate of drug-likeness (QED) is 0.527. The molecule has 2 aromatic heterocycles. The minimum absolute atomic E-state index is 0.0211. The Morgan fingerprint density at radius 2 is 1.72 bits per heavy atom. The maximum atomic E-state index is 13.3. The van der Waals surface area contributed by atoms with Gasteiger partial charge in [-0.2, -0.15) is 0 Å². The van der Waals surface area contributed by atoms with E-state index in [4.69, 9.17) is 4.74 Å². The molecule has 3 aliphatic heterocycles. The third-order valence-corrected chi connectivity index (χ3v) is 9.43. The van der Waals surface area contributed by atoms with Crippen LogP contribution in [-0.2, 0) is 4.74 Å². The lowest BCUT2D eigenvalue weighted by molar-refractivity contribution is -0.106. The average Bonchev–Trinajstić information content (AvgIpc) is 2.93. The molecule has 1 spiro atoms. The van der Waals surface area contributed by atoms with Crippen molar-refractivity contribution in [3.63, 3.8) is 0 Å². The molecule has 2 amide bonds. The maximum Gasteiger partial charge on any atom is 0.416 e. The fourth-order valence-corrected chi connectivity index (χ4v) is 6.78. The van der Waals surface area contributed by atoms with Gasteiger partial charge in [0.05, 0.1) is 17.0 Å². The number of anilines is 1. The second kappa shape index (κ2) is 11.2. The number of piperidine rings is 2. The number of likely N-dealkylation sites (tertiary alicyclic amines) is 2. The summed E-state index contributed by atoms with van der Waals surface area (Å²) in [5.41, 5.74) is 1.72. The highest BCUT2D eigenvalue weighted by Crippen LogP contribution is 2.44. The Labute approximate surface area is 232 Å². The highest BCUT2D eigenvalue weighted by molar-refractivity contribution is 5.96. The molecule has 0 N–H and O–H groups in total. The smallest absolute Gasteiger partial charge is 0.416 e. The van der Waals surface area contributed by atoms with Gasteiger partial charge in [-0.25, -0.2) is 19.7 Å². The maximum absolute atomic E-state index is 13.3. The number of ether oxygens (including phenoxy) is 1. The zero-order valence-electron chi connectivity index (χ0n) is 23.9. The van der Waals surface area contributed by atoms with Gasteiger partial charge in [-0.3, -0.25) is 14.6 Å². The number of hydrogen-bond donors (Lipinski definition) is 0. The SMILES string of the molecule is CCCCC1CN(c2ccccn2)C(=O)OC12CCN(C1(C)CCN(C(=O)c3c(C)ncnc3C)CC1)CC2. The average molecular weight is 535 g/mol. The minimum Gasteiger partial charge on any atom is -0.442 e. The Kier molecular flexibility index (Phi) is 7.89. The Bertz CT molecular complexity index is 1150. The Morgan fingerprint density at radius 1 is 1.03 bits per heavy atom. The third-order valence-electron chi connectivity index (χ3n) is 9.43. The van der Waals surface area contributed by atoms with Gasteiger partial charge in [-0.1, -0.05) is 25.8 Å². The van der Waals surface area contributed by atoms with E-state index in [2.05, 4.69) is 33.7 Å². The highest BCUT2D eigenvalue weighted by atomic mass is 16.6. The van der Waals surface area contributed by atoms with E-state index in [1.54, 1.807) is 11.1 Å². The molecule has 0 radical (unpaired) electrons. The number of rotatable bonds is 6. The fraction of sp³-hybridized carbons (Fsp3) is 0.633. The van der Waals surface area contributed by atoms with Gasteiger partial charge in [0.25, 0.3) is 5.91 Å². The summed E-state index contributed by atoms with van der Waals surface area (Å²) >= 11 is 0. The van der Waals surface area contributed by atoms with E-state index >= 15 is 0 Å². The monoisotopic (exact) mass is 534 g/mol. The van der Waals surface area contributed by atoms with Crippen molar-refractivity contribution in [3.05, 3.63) is 47.7 Å². The summed E-state index contributed by atoms with van der Waals surface area (Å²) in [5.74, 6) is 0.985. The molecule has 3 aliphatic rings. The van der Waals surface area contributed by atoms with Crippen molar-refractivity contribution in [3.8, 4) is 0 Å². The van der Waals surface area contributed by atoms with Crippen molar-refractivity contribution in [1.29, 1.82) is 0 Å². The number of aryl methyl sites for hydroxylation is 2. The summed E-state index contributed by atoms with van der Waals surface area (Å²) in [6.07, 6.45) is 9.80. The first-order valence-electron chi connectivity index (χ1n) is 14.5. The van der Waals surface area contributed by atoms with Crippen molar-refractivity contribution in [2.24, 2.45) is 5.92 Å². The summed E-state index contributed by atoms with van der Waals surface area (Å²) in [6, 6.07) is 5.66. The molecule has 2 aromatic rings. The molecule has 39 heavy (non-hydrogen) atoms. The van der Waals surface area contributed by atoms with E-state index in [0.29, 0.717) is 17.9 Å². The Hall–Kier alpha value is -3.07. The summed E-state index contributed by atoms with van der Waals surface area (Å²) in [5, 5.41) is 0. The molecule has 3 fully saturated rings. The lowest BCUT2D eigenvalue weighted by Gasteiger charge is -2.54. The zero-order chi connectivity index (χ0) is 27.6. The van der Waals surface area contributed by atoms with Crippen LogP contribution in [0, 0.1) is 19.8 Å². The first-order valence-corrected chi connectivity index (χ1v) is 14.5. The van der Waals surface area contributed by atoms with Crippen LogP contribution in [0.1, 0.15) is 80.5 Å². The topological polar surface area (TPSA) is 91.8 Å². The van der Waals surface area contributed by atoms with Crippen molar-refractivity contribution in [1.82, 2.24) is 24.8 Å². The van der Waals surface area contributed by atoms with Crippen molar-refractivity contribution in [2.45, 2.75) is 83.8 Å². The molecule has 3 saturated heterocycles. The first-order chi connectivity index (χ1) is 18.8. The molecule has 0 aliphatic carbocycles. The second-order valence-corrected chi connectivity index (χ2v) is 11.8. The van der Waals surface area contributed by atoms with Crippen LogP contribution in [0.15, 0.2) is 30.7 Å². The largest absolute Gasteiger partial charge is 0.442 e. The number of unbranched alkanes of at least 4 members (excludes halogenated alkanes) is 1. The fourth-order valence-electron chi connectivity index (χ4n) is 6.78. The van der Waals surface area contributed by atoms with E-state index in [0.717, 1.165) is 82.5 Å². The molecule has 9 heteroatoms. The van der Waals surface area contributed by atoms with Crippen LogP contribution < -0.4 is 4.90 Å². The van der Waals surface area contributed by atoms with E-state index in [-0.39, 0.29) is 23.5 Å². The minimum atomic E-state index is -0.413. The Balaban J connectivity index is 1.23. The summed E-state index contributed by atoms with van der Waals surface area (Å²) in [7, 11) is 0. The summed E-state index contributed by atoms with van der Waals surface area (Å²) in [6.45, 7) is 12.2. The van der Waals surface area contributed by atoms with Crippen LogP contribution in [-0.4, -0.2) is 80.6 Å². The third kappa shape index (κ3) is 5.38. The van der Waals surface area contributed by atoms with Gasteiger partial charge in [-0.15, -0.1) is 0 Å². The van der Waals surface area contributed by atoms with E-state index < -0.39 is 5.60 Å². The molecule has 1 atom stereocenters. The van der Waals surface area contributed by atoms with E-state index in [9.17, 15) is 9.59 Å². The number of hydrogen-bond acceptors (Lipinski definition) is 7. The van der Waals surface area contributed by atoms with Gasteiger partial charge >= 0.3 is 6.09 Å². The molecule has 210 valence electrons. The normalized spacial score (nSPS) is 23.1. The molecule has 0 aromatic carbocycles. The summed E-state index contributed by atoms with van der Waals surface area (Å²) < 4.78 is 6.34. The zero-order valence-corrected chi connectivity index (χ0v) is 23.9. The van der Waals surface area contributed by atoms with Crippen LogP contribution in [0.5, 0.6) is 0 Å². The predicted molar refractivity (Wildman–Crippen MR) is 150 cm³/mol. The standard InChI is InChI=1S/C30H42N6O3/c1-5-6-9-24-20-36(25-10-7-8-15-31-25)28(38)39-30(24)13-18-35(19-14-30)29(4)11-16-34(17-12-29)27(37)26-22(2)32-21-33-23(26)3/h7-8,10,15,21,24H,5-6,9,11-14,16-20H2,1-4H3. The van der Waals surface area contributed by atoms with Crippen molar-refractivity contribution in [2.75, 3.05) is 37.6 Å². The lowest BCUT2D eigenvalue weighted by atomic mass is 9.74. The second-order valence-electron chi connectivity index (χ2n) is 11.8. The van der Waals surface area contributed by atoms with Crippen LogP contribution in [0.4, 0.5) is 10.6 Å². The van der Waals surface area contributed by atoms with E-state index in [1.165, 1.54) is 6.33 Å². The van der Waals surface area contributed by atoms with Crippen LogP contribution >= 0.6 is 0 Å². The Morgan fingerprint density at radius 3 is 2.33 bits per heavy atom. The van der Waals surface area contributed by atoms with Gasteiger partial charge in [0.2, 0.25) is 0 Å². The lowest BCUT2D eigenvalue weighted by Crippen LogP contribution is -2.63. The molecule has 0 saturated carbocycles. The molecule has 9 nitrogen and oxygen atoms in total. The number of amides is 2. The van der Waals surface area contributed by atoms with Gasteiger partial charge in [0.1, 0.15) is 17.7 Å². The van der Waals surface area contributed by atoms with Crippen LogP contribution in [0.2, 0.25) is 0 Å². The van der Waals surface area contributed by atoms with Crippen LogP contribution in [0.3, 0.4) is 0 Å². The predicted octanol–water partition coefficient (Wildman–Crippen LogP) is 4.78. The number of carbonyl (C=O) groups is 2. The van der Waals surface area contributed by atoms with Gasteiger partial charge in [0, 0.05) is 63.2 Å². The molecule has 0 bridgehead atoms. The first kappa shape index (κ1) is 27.5. The number of nitrogens with zero attached hydrogens (tertiary/aromatic N) is 6. The van der Waals surface area contributed by atoms with Gasteiger partial charge < -0.3 is 9.64 Å². The number of carbonyl (C=O) groups excluding carboxylic acids is 2. The number of pyridine rings is 1. The number of aromatic nitrogens is 3. The molecular weight excluding hydrogens is 492 g/mol.